The highest BCUT2D eigenvalue weighted by atomic mass is 16.4. The number of nitrogens with zero attached hydrogens (tertiary/aromatic N) is 1. The molecular weight excluding hydrogens is 358 g/mol. The summed E-state index contributed by atoms with van der Waals surface area (Å²) in [7, 11) is 0. The minimum absolute atomic E-state index is 0.0388. The van der Waals surface area contributed by atoms with Crippen LogP contribution in [0.3, 0.4) is 0 Å². The fraction of sp³-hybridized carbons (Fsp3) is 0.238. The summed E-state index contributed by atoms with van der Waals surface area (Å²) in [6.07, 6.45) is 0.191. The Bertz CT molecular complexity index is 890. The number of nitriles is 1. The third kappa shape index (κ3) is 5.95. The van der Waals surface area contributed by atoms with E-state index in [1.165, 1.54) is 6.92 Å². The number of amides is 2. The molecule has 0 fully saturated rings. The molecule has 0 aliphatic rings. The van der Waals surface area contributed by atoms with Gasteiger partial charge in [0.05, 0.1) is 11.6 Å². The zero-order chi connectivity index (χ0) is 20.5. The summed E-state index contributed by atoms with van der Waals surface area (Å²) in [5.41, 5.74) is 1.71. The molecule has 0 aromatic heterocycles. The second-order valence-corrected chi connectivity index (χ2v) is 6.32. The fourth-order valence-corrected chi connectivity index (χ4v) is 2.80. The standard InChI is InChI=1S/C21H21N3O4/c1-14(25)23-18(11-15-7-3-2-4-8-15)20(26)24-19(21(27)28)12-16-9-5-6-10-17(16)13-22/h2-10,18-19H,11-12H2,1H3,(H,23,25)(H,24,26)(H,27,28)/t18-,19-/m0/s1. The van der Waals surface area contributed by atoms with Crippen LogP contribution in [0.4, 0.5) is 0 Å². The van der Waals surface area contributed by atoms with Crippen molar-refractivity contribution in [2.75, 3.05) is 0 Å². The smallest absolute Gasteiger partial charge is 0.326 e. The number of carboxylic acid groups (broad SMARTS) is 1. The van der Waals surface area contributed by atoms with E-state index in [1.54, 1.807) is 24.3 Å². The Morgan fingerprint density at radius 2 is 1.61 bits per heavy atom. The van der Waals surface area contributed by atoms with Gasteiger partial charge in [-0.05, 0) is 17.2 Å². The van der Waals surface area contributed by atoms with Crippen molar-refractivity contribution < 1.29 is 19.5 Å². The number of carbonyl (C=O) groups is 3. The average molecular weight is 379 g/mol. The molecular formula is C21H21N3O4. The molecule has 0 aliphatic heterocycles. The van der Waals surface area contributed by atoms with Crippen LogP contribution in [0.15, 0.2) is 54.6 Å². The molecule has 2 amide bonds. The number of aliphatic carboxylic acids is 1. The van der Waals surface area contributed by atoms with Crippen LogP contribution >= 0.6 is 0 Å². The van der Waals surface area contributed by atoms with Gasteiger partial charge in [0.2, 0.25) is 11.8 Å². The van der Waals surface area contributed by atoms with Crippen LogP contribution in [-0.2, 0) is 27.2 Å². The average Bonchev–Trinajstić information content (AvgIpc) is 2.67. The molecule has 0 unspecified atom stereocenters. The molecule has 2 aromatic carbocycles. The lowest BCUT2D eigenvalue weighted by atomic mass is 10.00. The molecule has 0 heterocycles. The van der Waals surface area contributed by atoms with Gasteiger partial charge in [-0.3, -0.25) is 9.59 Å². The van der Waals surface area contributed by atoms with Gasteiger partial charge in [-0.25, -0.2) is 4.79 Å². The molecule has 3 N–H and O–H groups in total. The monoisotopic (exact) mass is 379 g/mol. The number of hydrogen-bond acceptors (Lipinski definition) is 4. The molecule has 28 heavy (non-hydrogen) atoms. The van der Waals surface area contributed by atoms with Gasteiger partial charge in [-0.1, -0.05) is 48.5 Å². The number of rotatable bonds is 8. The van der Waals surface area contributed by atoms with Crippen LogP contribution in [0.25, 0.3) is 0 Å². The van der Waals surface area contributed by atoms with Crippen molar-refractivity contribution >= 4 is 17.8 Å². The number of carboxylic acids is 1. The first-order valence-corrected chi connectivity index (χ1v) is 8.73. The summed E-state index contributed by atoms with van der Waals surface area (Å²) in [5.74, 6) is -2.21. The van der Waals surface area contributed by atoms with Crippen LogP contribution in [-0.4, -0.2) is 35.0 Å². The SMILES string of the molecule is CC(=O)N[C@@H](Cc1ccccc1)C(=O)N[C@@H](Cc1ccccc1C#N)C(=O)O. The predicted octanol–water partition coefficient (Wildman–Crippen LogP) is 1.42. The molecule has 0 saturated carbocycles. The molecule has 7 nitrogen and oxygen atoms in total. The summed E-state index contributed by atoms with van der Waals surface area (Å²) in [4.78, 5) is 35.8. The van der Waals surface area contributed by atoms with Crippen molar-refractivity contribution in [1.82, 2.24) is 10.6 Å². The minimum Gasteiger partial charge on any atom is -0.480 e. The maximum Gasteiger partial charge on any atom is 0.326 e. The summed E-state index contributed by atoms with van der Waals surface area (Å²) in [5, 5.41) is 23.7. The zero-order valence-electron chi connectivity index (χ0n) is 15.4. The largest absolute Gasteiger partial charge is 0.480 e. The Morgan fingerprint density at radius 3 is 2.21 bits per heavy atom. The molecule has 7 heteroatoms. The van der Waals surface area contributed by atoms with E-state index >= 15 is 0 Å². The van der Waals surface area contributed by atoms with E-state index < -0.39 is 29.9 Å². The molecule has 144 valence electrons. The lowest BCUT2D eigenvalue weighted by Crippen LogP contribution is -2.52. The van der Waals surface area contributed by atoms with Crippen molar-refractivity contribution in [2.45, 2.75) is 31.8 Å². The third-order valence-corrected chi connectivity index (χ3v) is 4.15. The third-order valence-electron chi connectivity index (χ3n) is 4.15. The van der Waals surface area contributed by atoms with E-state index in [4.69, 9.17) is 0 Å². The van der Waals surface area contributed by atoms with Gasteiger partial charge < -0.3 is 15.7 Å². The van der Waals surface area contributed by atoms with E-state index in [9.17, 15) is 24.8 Å². The van der Waals surface area contributed by atoms with E-state index in [1.807, 2.05) is 36.4 Å². The van der Waals surface area contributed by atoms with Gasteiger partial charge >= 0.3 is 5.97 Å². The fourth-order valence-electron chi connectivity index (χ4n) is 2.80. The lowest BCUT2D eigenvalue weighted by molar-refractivity contribution is -0.142. The summed E-state index contributed by atoms with van der Waals surface area (Å²) < 4.78 is 0. The van der Waals surface area contributed by atoms with Gasteiger partial charge in [0.15, 0.2) is 0 Å². The van der Waals surface area contributed by atoms with Gasteiger partial charge in [0.25, 0.3) is 0 Å². The summed E-state index contributed by atoms with van der Waals surface area (Å²) in [6, 6.07) is 15.6. The topological polar surface area (TPSA) is 119 Å². The van der Waals surface area contributed by atoms with Gasteiger partial charge in [0, 0.05) is 19.8 Å². The van der Waals surface area contributed by atoms with Crippen LogP contribution in [0.5, 0.6) is 0 Å². The maximum absolute atomic E-state index is 12.7. The van der Waals surface area contributed by atoms with Crippen LogP contribution in [0, 0.1) is 11.3 Å². The van der Waals surface area contributed by atoms with E-state index in [-0.39, 0.29) is 12.8 Å². The molecule has 0 aliphatic carbocycles. The highest BCUT2D eigenvalue weighted by molar-refractivity contribution is 5.90. The second-order valence-electron chi connectivity index (χ2n) is 6.32. The summed E-state index contributed by atoms with van der Waals surface area (Å²) >= 11 is 0. The Balaban J connectivity index is 2.16. The Hall–Kier alpha value is -3.66. The normalized spacial score (nSPS) is 12.3. The van der Waals surface area contributed by atoms with Crippen molar-refractivity contribution in [3.63, 3.8) is 0 Å². The zero-order valence-corrected chi connectivity index (χ0v) is 15.4. The summed E-state index contributed by atoms with van der Waals surface area (Å²) in [6.45, 7) is 1.29. The molecule has 2 rings (SSSR count). The highest BCUT2D eigenvalue weighted by Gasteiger charge is 2.27. The van der Waals surface area contributed by atoms with Crippen molar-refractivity contribution in [3.8, 4) is 6.07 Å². The van der Waals surface area contributed by atoms with E-state index in [0.717, 1.165) is 5.56 Å². The van der Waals surface area contributed by atoms with Crippen LogP contribution < -0.4 is 10.6 Å². The van der Waals surface area contributed by atoms with Gasteiger partial charge in [-0.15, -0.1) is 0 Å². The van der Waals surface area contributed by atoms with Gasteiger partial charge in [-0.2, -0.15) is 5.26 Å². The first kappa shape index (κ1) is 20.6. The van der Waals surface area contributed by atoms with Crippen molar-refractivity contribution in [1.29, 1.82) is 5.26 Å². The van der Waals surface area contributed by atoms with Crippen molar-refractivity contribution in [3.05, 3.63) is 71.3 Å². The molecule has 2 aromatic rings. The van der Waals surface area contributed by atoms with Crippen LogP contribution in [0.2, 0.25) is 0 Å². The molecule has 2 atom stereocenters. The number of benzene rings is 2. The molecule has 0 radical (unpaired) electrons. The minimum atomic E-state index is -1.23. The maximum atomic E-state index is 12.7. The first-order chi connectivity index (χ1) is 13.4. The Labute approximate surface area is 163 Å². The first-order valence-electron chi connectivity index (χ1n) is 8.73. The Morgan fingerprint density at radius 1 is 0.964 bits per heavy atom. The lowest BCUT2D eigenvalue weighted by Gasteiger charge is -2.21. The second kappa shape index (κ2) is 9.88. The Kier molecular flexibility index (Phi) is 7.28. The quantitative estimate of drug-likeness (QED) is 0.641. The molecule has 0 bridgehead atoms. The molecule has 0 spiro atoms. The number of carbonyl (C=O) groups excluding carboxylic acids is 2. The van der Waals surface area contributed by atoms with Crippen molar-refractivity contribution in [2.24, 2.45) is 0 Å². The molecule has 0 saturated heterocycles. The van der Waals surface area contributed by atoms with Gasteiger partial charge in [0.1, 0.15) is 12.1 Å². The predicted molar refractivity (Wildman–Crippen MR) is 102 cm³/mol. The highest BCUT2D eigenvalue weighted by Crippen LogP contribution is 2.11. The number of nitrogens with one attached hydrogen (secondary N) is 2. The van der Waals surface area contributed by atoms with E-state index in [0.29, 0.717) is 11.1 Å². The number of hydrogen-bond donors (Lipinski definition) is 3. The van der Waals surface area contributed by atoms with E-state index in [2.05, 4.69) is 10.6 Å². The van der Waals surface area contributed by atoms with Crippen LogP contribution in [0.1, 0.15) is 23.6 Å².